The Labute approximate surface area is 147 Å². The summed E-state index contributed by atoms with van der Waals surface area (Å²) >= 11 is 0. The molecule has 0 atom stereocenters. The Morgan fingerprint density at radius 3 is 2.60 bits per heavy atom. The van der Waals surface area contributed by atoms with Crippen molar-refractivity contribution in [1.29, 1.82) is 0 Å². The topological polar surface area (TPSA) is 70.6 Å². The van der Waals surface area contributed by atoms with E-state index < -0.39 is 0 Å². The zero-order valence-electron chi connectivity index (χ0n) is 14.8. The van der Waals surface area contributed by atoms with Gasteiger partial charge in [-0.2, -0.15) is 0 Å². The average Bonchev–Trinajstić information content (AvgIpc) is 2.61. The number of piperazine rings is 1. The van der Waals surface area contributed by atoms with Crippen molar-refractivity contribution in [3.05, 3.63) is 36.2 Å². The van der Waals surface area contributed by atoms with Gasteiger partial charge in [0, 0.05) is 50.9 Å². The molecule has 1 aliphatic heterocycles. The maximum absolute atomic E-state index is 11.5. The summed E-state index contributed by atoms with van der Waals surface area (Å²) in [6.45, 7) is 6.48. The molecule has 0 spiro atoms. The Balaban J connectivity index is 1.75. The van der Waals surface area contributed by atoms with E-state index in [0.717, 1.165) is 49.3 Å². The quantitative estimate of drug-likeness (QED) is 0.919. The molecule has 25 heavy (non-hydrogen) atoms. The number of aryl methyl sites for hydroxylation is 1. The van der Waals surface area contributed by atoms with Crippen molar-refractivity contribution in [2.75, 3.05) is 43.5 Å². The zero-order valence-corrected chi connectivity index (χ0v) is 14.8. The Morgan fingerprint density at radius 1 is 1.16 bits per heavy atom. The normalized spacial score (nSPS) is 14.4. The summed E-state index contributed by atoms with van der Waals surface area (Å²) in [5.41, 5.74) is 0.907. The lowest BCUT2D eigenvalue weighted by molar-refractivity contribution is -0.129. The maximum atomic E-state index is 11.5. The summed E-state index contributed by atoms with van der Waals surface area (Å²) in [5.74, 6) is 3.23. The van der Waals surface area contributed by atoms with Crippen LogP contribution in [0.25, 0.3) is 0 Å². The van der Waals surface area contributed by atoms with Gasteiger partial charge < -0.3 is 19.9 Å². The minimum Gasteiger partial charge on any atom is -0.497 e. The summed E-state index contributed by atoms with van der Waals surface area (Å²) < 4.78 is 5.25. The molecule has 2 aromatic rings. The lowest BCUT2D eigenvalue weighted by atomic mass is 10.3. The monoisotopic (exact) mass is 341 g/mol. The first-order chi connectivity index (χ1) is 12.0. The number of methoxy groups -OCH3 is 1. The lowest BCUT2D eigenvalue weighted by Crippen LogP contribution is -2.48. The van der Waals surface area contributed by atoms with Gasteiger partial charge in [-0.3, -0.25) is 4.79 Å². The smallest absolute Gasteiger partial charge is 0.219 e. The number of hydrogen-bond donors (Lipinski definition) is 1. The van der Waals surface area contributed by atoms with E-state index >= 15 is 0 Å². The van der Waals surface area contributed by atoms with Gasteiger partial charge in [-0.25, -0.2) is 9.97 Å². The van der Waals surface area contributed by atoms with Crippen molar-refractivity contribution in [3.63, 3.8) is 0 Å². The second-order valence-electron chi connectivity index (χ2n) is 6.01. The highest BCUT2D eigenvalue weighted by molar-refractivity contribution is 5.73. The van der Waals surface area contributed by atoms with E-state index in [1.807, 2.05) is 42.2 Å². The molecule has 1 fully saturated rings. The van der Waals surface area contributed by atoms with E-state index in [1.54, 1.807) is 14.0 Å². The molecule has 1 N–H and O–H groups in total. The van der Waals surface area contributed by atoms with Crippen molar-refractivity contribution < 1.29 is 9.53 Å². The fraction of sp³-hybridized carbons (Fsp3) is 0.389. The molecule has 7 nitrogen and oxygen atoms in total. The minimum absolute atomic E-state index is 0.124. The first-order valence-corrected chi connectivity index (χ1v) is 8.32. The standard InChI is InChI=1S/C18H23N5O2/c1-13-19-17(21-15-5-4-6-16(11-15)25-3)12-18(20-13)23-9-7-22(8-10-23)14(2)24/h4-6,11-12H,7-10H2,1-3H3,(H,19,20,21). The van der Waals surface area contributed by atoms with Crippen LogP contribution >= 0.6 is 0 Å². The number of ether oxygens (including phenoxy) is 1. The molecule has 7 heteroatoms. The molecule has 1 saturated heterocycles. The van der Waals surface area contributed by atoms with Crippen LogP contribution in [0, 0.1) is 6.92 Å². The molecule has 0 saturated carbocycles. The van der Waals surface area contributed by atoms with E-state index in [0.29, 0.717) is 5.82 Å². The number of carbonyl (C=O) groups is 1. The zero-order chi connectivity index (χ0) is 17.8. The fourth-order valence-corrected chi connectivity index (χ4v) is 2.88. The number of carbonyl (C=O) groups excluding carboxylic acids is 1. The molecule has 2 heterocycles. The summed E-state index contributed by atoms with van der Waals surface area (Å²) in [4.78, 5) is 24.5. The van der Waals surface area contributed by atoms with Gasteiger partial charge in [0.05, 0.1) is 7.11 Å². The van der Waals surface area contributed by atoms with Crippen LogP contribution in [0.2, 0.25) is 0 Å². The Morgan fingerprint density at radius 2 is 1.92 bits per heavy atom. The molecule has 0 bridgehead atoms. The van der Waals surface area contributed by atoms with Gasteiger partial charge in [0.25, 0.3) is 0 Å². The Bertz CT molecular complexity index is 757. The van der Waals surface area contributed by atoms with Crippen LogP contribution in [0.5, 0.6) is 5.75 Å². The first-order valence-electron chi connectivity index (χ1n) is 8.32. The van der Waals surface area contributed by atoms with Crippen LogP contribution in [0.15, 0.2) is 30.3 Å². The highest BCUT2D eigenvalue weighted by atomic mass is 16.5. The second kappa shape index (κ2) is 7.38. The van der Waals surface area contributed by atoms with Crippen LogP contribution < -0.4 is 15.0 Å². The summed E-state index contributed by atoms with van der Waals surface area (Å²) in [6.07, 6.45) is 0. The molecular formula is C18H23N5O2. The summed E-state index contributed by atoms with van der Waals surface area (Å²) in [5, 5.41) is 3.30. The molecule has 1 amide bonds. The van der Waals surface area contributed by atoms with Crippen molar-refractivity contribution in [3.8, 4) is 5.75 Å². The lowest BCUT2D eigenvalue weighted by Gasteiger charge is -2.35. The second-order valence-corrected chi connectivity index (χ2v) is 6.01. The average molecular weight is 341 g/mol. The van der Waals surface area contributed by atoms with E-state index in [4.69, 9.17) is 4.74 Å². The van der Waals surface area contributed by atoms with Crippen molar-refractivity contribution >= 4 is 23.2 Å². The number of nitrogens with zero attached hydrogens (tertiary/aromatic N) is 4. The number of rotatable bonds is 4. The fourth-order valence-electron chi connectivity index (χ4n) is 2.88. The number of benzene rings is 1. The highest BCUT2D eigenvalue weighted by Crippen LogP contribution is 2.23. The number of amides is 1. The molecule has 0 aliphatic carbocycles. The van der Waals surface area contributed by atoms with Crippen LogP contribution in [0.4, 0.5) is 17.3 Å². The van der Waals surface area contributed by atoms with Gasteiger partial charge in [-0.1, -0.05) is 6.07 Å². The SMILES string of the molecule is COc1cccc(Nc2cc(N3CCN(C(C)=O)CC3)nc(C)n2)c1. The Hall–Kier alpha value is -2.83. The van der Waals surface area contributed by atoms with Crippen LogP contribution in [-0.4, -0.2) is 54.1 Å². The van der Waals surface area contributed by atoms with Gasteiger partial charge >= 0.3 is 0 Å². The predicted octanol–water partition coefficient (Wildman–Crippen LogP) is 2.21. The summed E-state index contributed by atoms with van der Waals surface area (Å²) in [6, 6.07) is 9.65. The van der Waals surface area contributed by atoms with E-state index in [1.165, 1.54) is 0 Å². The van der Waals surface area contributed by atoms with E-state index in [9.17, 15) is 4.79 Å². The third kappa shape index (κ3) is 4.17. The number of aromatic nitrogens is 2. The summed E-state index contributed by atoms with van der Waals surface area (Å²) in [7, 11) is 1.65. The minimum atomic E-state index is 0.124. The molecule has 1 aliphatic rings. The third-order valence-corrected chi connectivity index (χ3v) is 4.22. The molecule has 1 aromatic carbocycles. The van der Waals surface area contributed by atoms with Gasteiger partial charge in [0.1, 0.15) is 23.2 Å². The van der Waals surface area contributed by atoms with Gasteiger partial charge in [-0.05, 0) is 19.1 Å². The van der Waals surface area contributed by atoms with Crippen molar-refractivity contribution in [1.82, 2.24) is 14.9 Å². The van der Waals surface area contributed by atoms with Crippen molar-refractivity contribution in [2.45, 2.75) is 13.8 Å². The largest absolute Gasteiger partial charge is 0.497 e. The molecular weight excluding hydrogens is 318 g/mol. The highest BCUT2D eigenvalue weighted by Gasteiger charge is 2.20. The van der Waals surface area contributed by atoms with Gasteiger partial charge in [0.2, 0.25) is 5.91 Å². The van der Waals surface area contributed by atoms with E-state index in [-0.39, 0.29) is 5.91 Å². The van der Waals surface area contributed by atoms with E-state index in [2.05, 4.69) is 20.2 Å². The maximum Gasteiger partial charge on any atom is 0.219 e. The predicted molar refractivity (Wildman–Crippen MR) is 97.5 cm³/mol. The molecule has 1 aromatic heterocycles. The van der Waals surface area contributed by atoms with Gasteiger partial charge in [0.15, 0.2) is 0 Å². The van der Waals surface area contributed by atoms with Crippen LogP contribution in [0.3, 0.4) is 0 Å². The van der Waals surface area contributed by atoms with Crippen molar-refractivity contribution in [2.24, 2.45) is 0 Å². The third-order valence-electron chi connectivity index (χ3n) is 4.22. The van der Waals surface area contributed by atoms with Crippen LogP contribution in [0.1, 0.15) is 12.7 Å². The molecule has 0 unspecified atom stereocenters. The molecule has 0 radical (unpaired) electrons. The molecule has 132 valence electrons. The Kier molecular flexibility index (Phi) is 5.02. The molecule has 3 rings (SSSR count). The first kappa shape index (κ1) is 17.0. The number of nitrogens with one attached hydrogen (secondary N) is 1. The number of hydrogen-bond acceptors (Lipinski definition) is 6. The number of anilines is 3. The van der Waals surface area contributed by atoms with Gasteiger partial charge in [-0.15, -0.1) is 0 Å². The van der Waals surface area contributed by atoms with Crippen LogP contribution in [-0.2, 0) is 4.79 Å².